The third-order valence-electron chi connectivity index (χ3n) is 2.54. The van der Waals surface area contributed by atoms with Gasteiger partial charge in [0.15, 0.2) is 0 Å². The summed E-state index contributed by atoms with van der Waals surface area (Å²) in [4.78, 5) is 0. The van der Waals surface area contributed by atoms with Crippen molar-refractivity contribution in [3.8, 4) is 11.5 Å². The van der Waals surface area contributed by atoms with Gasteiger partial charge in [0.05, 0.1) is 0 Å². The first kappa shape index (κ1) is 12.3. The standard InChI is InChI=1S/C14H14O2Te/c1-9-7-11(15)3-5-13(9)17-14-6-4-12(16)8-10(14)2/h3-8,15-16H,1-2H3. The number of aromatic hydroxyl groups is 2. The number of rotatable bonds is 2. The van der Waals surface area contributed by atoms with Crippen molar-refractivity contribution in [1.29, 1.82) is 0 Å². The Bertz CT molecular complexity index is 500. The van der Waals surface area contributed by atoms with Crippen LogP contribution in [-0.2, 0) is 0 Å². The molecule has 0 fully saturated rings. The second-order valence-corrected chi connectivity index (χ2v) is 7.09. The molecule has 0 spiro atoms. The van der Waals surface area contributed by atoms with Gasteiger partial charge in [0.2, 0.25) is 0 Å². The number of hydrogen-bond acceptors (Lipinski definition) is 2. The van der Waals surface area contributed by atoms with Gasteiger partial charge in [0, 0.05) is 0 Å². The van der Waals surface area contributed by atoms with Gasteiger partial charge in [-0.15, -0.1) is 0 Å². The van der Waals surface area contributed by atoms with Crippen LogP contribution in [0.4, 0.5) is 0 Å². The Labute approximate surface area is 111 Å². The minimum absolute atomic E-state index is 0.321. The van der Waals surface area contributed by atoms with E-state index in [1.54, 1.807) is 24.3 Å². The summed E-state index contributed by atoms with van der Waals surface area (Å²) in [5, 5.41) is 18.8. The van der Waals surface area contributed by atoms with Gasteiger partial charge in [0.1, 0.15) is 0 Å². The molecule has 0 amide bonds. The fourth-order valence-electron chi connectivity index (χ4n) is 1.61. The van der Waals surface area contributed by atoms with Crippen molar-refractivity contribution in [3.63, 3.8) is 0 Å². The van der Waals surface area contributed by atoms with Crippen LogP contribution in [0.15, 0.2) is 36.4 Å². The molecule has 0 unspecified atom stereocenters. The Morgan fingerprint density at radius 1 is 0.765 bits per heavy atom. The minimum atomic E-state index is -0.459. The zero-order chi connectivity index (χ0) is 12.4. The number of phenols is 2. The number of aryl methyl sites for hydroxylation is 2. The van der Waals surface area contributed by atoms with Crippen LogP contribution in [0.5, 0.6) is 11.5 Å². The normalized spacial score (nSPS) is 10.5. The zero-order valence-electron chi connectivity index (χ0n) is 9.77. The van der Waals surface area contributed by atoms with Gasteiger partial charge in [-0.25, -0.2) is 0 Å². The van der Waals surface area contributed by atoms with Crippen molar-refractivity contribution in [1.82, 2.24) is 0 Å². The van der Waals surface area contributed by atoms with Gasteiger partial charge in [0.25, 0.3) is 0 Å². The first-order valence-electron chi connectivity index (χ1n) is 5.33. The van der Waals surface area contributed by atoms with Crippen molar-refractivity contribution >= 4 is 28.1 Å². The molecule has 0 aliphatic rings. The molecule has 2 N–H and O–H groups in total. The molecule has 0 saturated heterocycles. The third-order valence-corrected chi connectivity index (χ3v) is 6.41. The average molecular weight is 342 g/mol. The summed E-state index contributed by atoms with van der Waals surface area (Å²) in [6, 6.07) is 11.1. The van der Waals surface area contributed by atoms with E-state index in [2.05, 4.69) is 0 Å². The van der Waals surface area contributed by atoms with Crippen molar-refractivity contribution in [3.05, 3.63) is 47.5 Å². The van der Waals surface area contributed by atoms with Crippen LogP contribution in [0.25, 0.3) is 0 Å². The molecule has 0 heterocycles. The second kappa shape index (κ2) is 4.99. The van der Waals surface area contributed by atoms with E-state index in [1.165, 1.54) is 7.22 Å². The van der Waals surface area contributed by atoms with Crippen LogP contribution in [0.3, 0.4) is 0 Å². The molecule has 2 nitrogen and oxygen atoms in total. The Morgan fingerprint density at radius 2 is 1.18 bits per heavy atom. The first-order chi connectivity index (χ1) is 8.06. The third kappa shape index (κ3) is 2.94. The molecule has 88 valence electrons. The quantitative estimate of drug-likeness (QED) is 0.810. The molecule has 0 aliphatic heterocycles. The monoisotopic (exact) mass is 344 g/mol. The molecule has 2 aromatic rings. The average Bonchev–Trinajstić information content (AvgIpc) is 2.25. The molecular weight excluding hydrogens is 328 g/mol. The maximum absolute atomic E-state index is 9.38. The fraction of sp³-hybridized carbons (Fsp3) is 0.143. The van der Waals surface area contributed by atoms with E-state index in [1.807, 2.05) is 26.0 Å². The fourth-order valence-corrected chi connectivity index (χ4v) is 4.32. The van der Waals surface area contributed by atoms with E-state index in [9.17, 15) is 10.2 Å². The molecule has 3 heteroatoms. The molecule has 0 aromatic heterocycles. The van der Waals surface area contributed by atoms with E-state index in [0.717, 1.165) is 11.1 Å². The summed E-state index contributed by atoms with van der Waals surface area (Å²) in [7, 11) is 0. The Morgan fingerprint density at radius 3 is 1.53 bits per heavy atom. The molecule has 17 heavy (non-hydrogen) atoms. The molecule has 2 aromatic carbocycles. The summed E-state index contributed by atoms with van der Waals surface area (Å²) in [5.41, 5.74) is 2.28. The van der Waals surface area contributed by atoms with Crippen LogP contribution in [0, 0.1) is 13.8 Å². The topological polar surface area (TPSA) is 40.5 Å². The molecular formula is C14H14O2Te. The van der Waals surface area contributed by atoms with E-state index in [4.69, 9.17) is 0 Å². The number of benzene rings is 2. The van der Waals surface area contributed by atoms with E-state index >= 15 is 0 Å². The van der Waals surface area contributed by atoms with E-state index in [-0.39, 0.29) is 0 Å². The van der Waals surface area contributed by atoms with E-state index < -0.39 is 20.9 Å². The first-order valence-corrected chi connectivity index (χ1v) is 7.66. The van der Waals surface area contributed by atoms with Crippen LogP contribution in [-0.4, -0.2) is 31.1 Å². The Balaban J connectivity index is 2.31. The number of hydrogen-bond donors (Lipinski definition) is 2. The van der Waals surface area contributed by atoms with Crippen LogP contribution < -0.4 is 7.22 Å². The van der Waals surface area contributed by atoms with Crippen molar-refractivity contribution in [2.75, 3.05) is 0 Å². The predicted molar refractivity (Wildman–Crippen MR) is 70.7 cm³/mol. The van der Waals surface area contributed by atoms with Crippen LogP contribution >= 0.6 is 0 Å². The SMILES string of the molecule is Cc1cc(O)ccc1[Te]c1ccc(O)cc1C. The summed E-state index contributed by atoms with van der Waals surface area (Å²) >= 11 is -0.459. The molecule has 0 aliphatic carbocycles. The molecule has 0 atom stereocenters. The van der Waals surface area contributed by atoms with Gasteiger partial charge >= 0.3 is 111 Å². The van der Waals surface area contributed by atoms with Gasteiger partial charge in [-0.1, -0.05) is 0 Å². The van der Waals surface area contributed by atoms with Crippen molar-refractivity contribution in [2.24, 2.45) is 0 Å². The summed E-state index contributed by atoms with van der Waals surface area (Å²) in [5.74, 6) is 0.641. The van der Waals surface area contributed by atoms with Crippen molar-refractivity contribution in [2.45, 2.75) is 13.8 Å². The predicted octanol–water partition coefficient (Wildman–Crippen LogP) is 1.37. The van der Waals surface area contributed by atoms with Gasteiger partial charge in [-0.05, 0) is 0 Å². The van der Waals surface area contributed by atoms with Gasteiger partial charge in [-0.2, -0.15) is 0 Å². The van der Waals surface area contributed by atoms with Crippen molar-refractivity contribution < 1.29 is 10.2 Å². The Kier molecular flexibility index (Phi) is 3.61. The summed E-state index contributed by atoms with van der Waals surface area (Å²) in [6.45, 7) is 4.05. The van der Waals surface area contributed by atoms with Gasteiger partial charge in [-0.3, -0.25) is 0 Å². The molecule has 2 rings (SSSR count). The second-order valence-electron chi connectivity index (χ2n) is 4.00. The van der Waals surface area contributed by atoms with Crippen LogP contribution in [0.2, 0.25) is 0 Å². The Hall–Kier alpha value is -1.17. The summed E-state index contributed by atoms with van der Waals surface area (Å²) < 4.78 is 2.64. The molecule has 0 bridgehead atoms. The van der Waals surface area contributed by atoms with Gasteiger partial charge < -0.3 is 0 Å². The molecule has 0 radical (unpaired) electrons. The maximum atomic E-state index is 9.38. The molecule has 0 saturated carbocycles. The van der Waals surface area contributed by atoms with E-state index in [0.29, 0.717) is 11.5 Å². The summed E-state index contributed by atoms with van der Waals surface area (Å²) in [6.07, 6.45) is 0. The van der Waals surface area contributed by atoms with Crippen LogP contribution in [0.1, 0.15) is 11.1 Å². The number of phenolic OH excluding ortho intramolecular Hbond substituents is 2. The zero-order valence-corrected chi connectivity index (χ0v) is 12.1.